The van der Waals surface area contributed by atoms with Crippen molar-refractivity contribution >= 4 is 5.91 Å². The molecule has 14 nitrogen and oxygen atoms in total. The third-order valence-electron chi connectivity index (χ3n) is 17.8. The van der Waals surface area contributed by atoms with E-state index in [4.69, 9.17) is 18.9 Å². The number of aliphatic hydroxyl groups is 8. The van der Waals surface area contributed by atoms with Gasteiger partial charge in [-0.2, -0.15) is 0 Å². The van der Waals surface area contributed by atoms with Crippen LogP contribution in [-0.4, -0.2) is 140 Å². The smallest absolute Gasteiger partial charge is 0.220 e. The molecule has 2 rings (SSSR count). The summed E-state index contributed by atoms with van der Waals surface area (Å²) in [5.74, 6) is -0.263. The number of allylic oxidation sites excluding steroid dienone is 21. The molecule has 0 aromatic heterocycles. The fourth-order valence-electron chi connectivity index (χ4n) is 11.8. The van der Waals surface area contributed by atoms with Crippen LogP contribution >= 0.6 is 0 Å². The molecule has 9 N–H and O–H groups in total. The third kappa shape index (κ3) is 47.2. The number of hydrogen-bond acceptors (Lipinski definition) is 13. The lowest BCUT2D eigenvalue weighted by Crippen LogP contribution is -2.65. The first-order valence-corrected chi connectivity index (χ1v) is 38.4. The lowest BCUT2D eigenvalue weighted by molar-refractivity contribution is -0.359. The van der Waals surface area contributed by atoms with E-state index in [0.717, 1.165) is 116 Å². The van der Waals surface area contributed by atoms with Gasteiger partial charge < -0.3 is 65.1 Å². The van der Waals surface area contributed by atoms with Crippen LogP contribution in [0.5, 0.6) is 0 Å². The van der Waals surface area contributed by atoms with E-state index >= 15 is 0 Å². The van der Waals surface area contributed by atoms with Crippen molar-refractivity contribution < 1.29 is 64.6 Å². The molecule has 0 aliphatic carbocycles. The molecule has 550 valence electrons. The van der Waals surface area contributed by atoms with Crippen molar-refractivity contribution in [3.8, 4) is 0 Å². The van der Waals surface area contributed by atoms with Gasteiger partial charge in [-0.3, -0.25) is 4.79 Å². The molecule has 96 heavy (non-hydrogen) atoms. The first-order valence-electron chi connectivity index (χ1n) is 38.4. The summed E-state index contributed by atoms with van der Waals surface area (Å²) in [5.41, 5.74) is 0. The number of rotatable bonds is 62. The lowest BCUT2D eigenvalue weighted by Gasteiger charge is -2.46. The Kier molecular flexibility index (Phi) is 59.3. The highest BCUT2D eigenvalue weighted by Crippen LogP contribution is 2.30. The number of hydrogen-bond donors (Lipinski definition) is 9. The van der Waals surface area contributed by atoms with Crippen LogP contribution in [0.2, 0.25) is 0 Å². The van der Waals surface area contributed by atoms with Gasteiger partial charge >= 0.3 is 0 Å². The van der Waals surface area contributed by atoms with E-state index in [1.54, 1.807) is 6.08 Å². The molecule has 2 saturated heterocycles. The first-order chi connectivity index (χ1) is 47.1. The Balaban J connectivity index is 1.68. The van der Waals surface area contributed by atoms with Crippen LogP contribution in [0, 0.1) is 0 Å². The zero-order valence-corrected chi connectivity index (χ0v) is 60.1. The molecule has 12 unspecified atom stereocenters. The van der Waals surface area contributed by atoms with E-state index in [1.807, 2.05) is 6.08 Å². The van der Waals surface area contributed by atoms with Gasteiger partial charge in [-0.1, -0.05) is 308 Å². The molecule has 12 atom stereocenters. The summed E-state index contributed by atoms with van der Waals surface area (Å²) in [6, 6.07) is -0.950. The van der Waals surface area contributed by atoms with Crippen molar-refractivity contribution in [2.75, 3.05) is 19.8 Å². The number of carbonyl (C=O) groups excluding carboxylic acids is 1. The SMILES string of the molecule is CC/C=C\C/C=C\C/C=C\C/C=C\C/C=C\C/C=C\C/C=C\C/C=C\C/C=C\CCCCCCCCCC(=O)NC(COC1OC(CO)C(OC2OC(CO)C(O)C(O)C2O)C(O)C1O)C(O)/C=C/CC/C=C/CCCCCCCCCCCCCCCCCCCCCCC. The molecule has 2 aliphatic rings. The molecule has 14 heteroatoms. The lowest BCUT2D eigenvalue weighted by atomic mass is 9.97. The number of carbonyl (C=O) groups is 1. The van der Waals surface area contributed by atoms with Gasteiger partial charge in [0.05, 0.1) is 32.0 Å². The van der Waals surface area contributed by atoms with E-state index in [9.17, 15) is 45.6 Å². The van der Waals surface area contributed by atoms with Gasteiger partial charge in [0.1, 0.15) is 48.8 Å². The molecule has 0 aromatic carbocycles. The highest BCUT2D eigenvalue weighted by atomic mass is 16.7. The molecule has 0 spiro atoms. The van der Waals surface area contributed by atoms with Crippen molar-refractivity contribution in [2.45, 2.75) is 357 Å². The van der Waals surface area contributed by atoms with Crippen molar-refractivity contribution in [3.63, 3.8) is 0 Å². The molecule has 0 saturated carbocycles. The zero-order chi connectivity index (χ0) is 69.4. The fourth-order valence-corrected chi connectivity index (χ4v) is 11.8. The van der Waals surface area contributed by atoms with Crippen molar-refractivity contribution in [2.24, 2.45) is 0 Å². The van der Waals surface area contributed by atoms with Gasteiger partial charge in [0, 0.05) is 6.42 Å². The van der Waals surface area contributed by atoms with Crippen LogP contribution in [0.1, 0.15) is 284 Å². The van der Waals surface area contributed by atoms with Gasteiger partial charge in [-0.05, 0) is 103 Å². The molecule has 2 heterocycles. The summed E-state index contributed by atoms with van der Waals surface area (Å²) < 4.78 is 22.9. The summed E-state index contributed by atoms with van der Waals surface area (Å²) in [7, 11) is 0. The standard InChI is InChI=1S/C82H139NO13/c1-3-5-7-9-11-13-15-17-19-21-23-25-27-29-31-32-33-34-35-36-37-38-40-42-44-46-48-50-52-54-56-58-60-62-64-66-74(87)83-70(69-93-81-79(92)77(90)80(73(68-85)95-81)96-82-78(91)76(89)75(88)72(67-84)94-82)71(86)65-63-61-59-57-55-53-51-49-47-45-43-41-39-30-28-26-24-22-20-18-16-14-12-10-8-6-4-2/h5,7,11,13,17,19,23,25,29,31,33-34,36-37,40,42,46,48,55,57,63,65,70-73,75-82,84-86,88-92H,3-4,6,8-10,12,14-16,18,20-22,24,26-28,30,32,35,38-39,41,43-45,47,49-54,56,58-62,64,66-69H2,1-2H3,(H,83,87)/b7-5-,13-11-,19-17-,25-23-,31-29-,34-33-,37-36-,42-40-,48-46-,57-55+,65-63+. The minimum absolute atomic E-state index is 0.252. The molecular formula is C82H139NO13. The predicted molar refractivity (Wildman–Crippen MR) is 396 cm³/mol. The van der Waals surface area contributed by atoms with Crippen molar-refractivity contribution in [1.82, 2.24) is 5.32 Å². The van der Waals surface area contributed by atoms with Gasteiger partial charge in [-0.25, -0.2) is 0 Å². The van der Waals surface area contributed by atoms with Gasteiger partial charge in [0.2, 0.25) is 5.91 Å². The van der Waals surface area contributed by atoms with Crippen molar-refractivity contribution in [3.05, 3.63) is 134 Å². The van der Waals surface area contributed by atoms with E-state index in [-0.39, 0.29) is 18.9 Å². The maximum atomic E-state index is 13.4. The van der Waals surface area contributed by atoms with Crippen LogP contribution in [0.4, 0.5) is 0 Å². The maximum Gasteiger partial charge on any atom is 0.220 e. The number of ether oxygens (including phenoxy) is 4. The van der Waals surface area contributed by atoms with E-state index in [1.165, 1.54) is 135 Å². The Morgan fingerprint density at radius 2 is 0.729 bits per heavy atom. The monoisotopic (exact) mass is 1350 g/mol. The predicted octanol–water partition coefficient (Wildman–Crippen LogP) is 17.0. The second-order valence-electron chi connectivity index (χ2n) is 26.4. The maximum absolute atomic E-state index is 13.4. The summed E-state index contributed by atoms with van der Waals surface area (Å²) in [4.78, 5) is 13.4. The molecular weight excluding hydrogens is 1210 g/mol. The fraction of sp³-hybridized carbons (Fsp3) is 0.720. The van der Waals surface area contributed by atoms with Crippen molar-refractivity contribution in [1.29, 1.82) is 0 Å². The topological polar surface area (TPSA) is 228 Å². The minimum atomic E-state index is -1.80. The molecule has 2 fully saturated rings. The van der Waals surface area contributed by atoms with Gasteiger partial charge in [0.25, 0.3) is 0 Å². The average molecular weight is 1350 g/mol. The summed E-state index contributed by atoms with van der Waals surface area (Å²) in [6.07, 6.45) is 79.4. The second-order valence-corrected chi connectivity index (χ2v) is 26.4. The quantitative estimate of drug-likeness (QED) is 0.0204. The Bertz CT molecular complexity index is 2130. The van der Waals surface area contributed by atoms with Gasteiger partial charge in [-0.15, -0.1) is 0 Å². The molecule has 0 bridgehead atoms. The summed E-state index contributed by atoms with van der Waals surface area (Å²) in [6.45, 7) is 2.68. The van der Waals surface area contributed by atoms with Crippen LogP contribution in [-0.2, 0) is 23.7 Å². The van der Waals surface area contributed by atoms with E-state index < -0.39 is 86.8 Å². The number of amides is 1. The molecule has 0 aromatic rings. The Morgan fingerprint density at radius 1 is 0.385 bits per heavy atom. The highest BCUT2D eigenvalue weighted by Gasteiger charge is 2.51. The molecule has 1 amide bonds. The second kappa shape index (κ2) is 64.5. The molecule has 0 radical (unpaired) electrons. The van der Waals surface area contributed by atoms with E-state index in [0.29, 0.717) is 12.8 Å². The molecule has 2 aliphatic heterocycles. The van der Waals surface area contributed by atoms with Crippen LogP contribution in [0.3, 0.4) is 0 Å². The average Bonchev–Trinajstić information content (AvgIpc) is 0.797. The third-order valence-corrected chi connectivity index (χ3v) is 17.8. The summed E-state index contributed by atoms with van der Waals surface area (Å²) >= 11 is 0. The Hall–Kier alpha value is -3.87. The normalized spacial score (nSPS) is 23.0. The van der Waals surface area contributed by atoms with Crippen LogP contribution in [0.25, 0.3) is 0 Å². The number of nitrogens with one attached hydrogen (secondary N) is 1. The summed E-state index contributed by atoms with van der Waals surface area (Å²) in [5, 5.41) is 87.6. The van der Waals surface area contributed by atoms with Crippen LogP contribution < -0.4 is 5.32 Å². The minimum Gasteiger partial charge on any atom is -0.394 e. The number of aliphatic hydroxyl groups excluding tert-OH is 8. The van der Waals surface area contributed by atoms with E-state index in [2.05, 4.69) is 141 Å². The largest absolute Gasteiger partial charge is 0.394 e. The Morgan fingerprint density at radius 3 is 1.15 bits per heavy atom. The number of unbranched alkanes of at least 4 members (excludes halogenated alkanes) is 29. The zero-order valence-electron chi connectivity index (χ0n) is 60.1. The highest BCUT2D eigenvalue weighted by molar-refractivity contribution is 5.76. The van der Waals surface area contributed by atoms with Crippen LogP contribution in [0.15, 0.2) is 134 Å². The van der Waals surface area contributed by atoms with Gasteiger partial charge in [0.15, 0.2) is 12.6 Å². The first kappa shape index (κ1) is 88.2. The Labute approximate surface area is 583 Å².